The molecule has 0 unspecified atom stereocenters. The summed E-state index contributed by atoms with van der Waals surface area (Å²) < 4.78 is 0. The number of hydrogen-bond donors (Lipinski definition) is 1. The molecule has 1 aliphatic heterocycles. The van der Waals surface area contributed by atoms with Crippen molar-refractivity contribution in [2.45, 2.75) is 38.6 Å². The van der Waals surface area contributed by atoms with Crippen LogP contribution in [-0.4, -0.2) is 49.2 Å². The summed E-state index contributed by atoms with van der Waals surface area (Å²) in [5.74, 6) is 0.954. The van der Waals surface area contributed by atoms with Crippen molar-refractivity contribution in [1.82, 2.24) is 15.3 Å². The van der Waals surface area contributed by atoms with Crippen LogP contribution in [0.25, 0.3) is 0 Å². The first-order chi connectivity index (χ1) is 7.24. The lowest BCUT2D eigenvalue weighted by atomic mass is 9.88. The number of hydrazine groups is 1. The minimum Gasteiger partial charge on any atom is -0.304 e. The Morgan fingerprint density at radius 1 is 0.933 bits per heavy atom. The van der Waals surface area contributed by atoms with Crippen molar-refractivity contribution in [1.29, 1.82) is 0 Å². The molecule has 0 spiro atoms. The lowest BCUT2D eigenvalue weighted by molar-refractivity contribution is 0.0745. The fourth-order valence-corrected chi connectivity index (χ4v) is 2.58. The highest BCUT2D eigenvalue weighted by molar-refractivity contribution is 4.76. The molecule has 3 nitrogen and oxygen atoms in total. The van der Waals surface area contributed by atoms with Crippen molar-refractivity contribution in [3.8, 4) is 0 Å². The molecule has 88 valence electrons. The van der Waals surface area contributed by atoms with Gasteiger partial charge in [-0.25, -0.2) is 5.01 Å². The molecule has 0 aromatic rings. The first-order valence-electron chi connectivity index (χ1n) is 6.43. The first-order valence-corrected chi connectivity index (χ1v) is 6.43. The van der Waals surface area contributed by atoms with Crippen LogP contribution in [0, 0.1) is 5.92 Å². The van der Waals surface area contributed by atoms with Gasteiger partial charge in [-0.1, -0.05) is 6.92 Å². The van der Waals surface area contributed by atoms with E-state index in [1.807, 2.05) is 0 Å². The molecule has 2 rings (SSSR count). The monoisotopic (exact) mass is 211 g/mol. The summed E-state index contributed by atoms with van der Waals surface area (Å²) in [4.78, 5) is 2.40. The van der Waals surface area contributed by atoms with Gasteiger partial charge in [0.1, 0.15) is 0 Å². The van der Waals surface area contributed by atoms with Crippen LogP contribution in [0.5, 0.6) is 0 Å². The summed E-state index contributed by atoms with van der Waals surface area (Å²) >= 11 is 0. The second kappa shape index (κ2) is 5.28. The average Bonchev–Trinajstić information content (AvgIpc) is 2.25. The molecular formula is C12H25N3. The lowest BCUT2D eigenvalue weighted by Crippen LogP contribution is -2.54. The fourth-order valence-electron chi connectivity index (χ4n) is 2.58. The third-order valence-electron chi connectivity index (χ3n) is 3.88. The highest BCUT2D eigenvalue weighted by Gasteiger charge is 2.21. The lowest BCUT2D eigenvalue weighted by Gasteiger charge is -2.37. The Kier molecular flexibility index (Phi) is 4.00. The second-order valence-electron chi connectivity index (χ2n) is 5.38. The molecule has 0 bridgehead atoms. The van der Waals surface area contributed by atoms with E-state index in [0.717, 1.165) is 12.0 Å². The molecular weight excluding hydrogens is 186 g/mol. The van der Waals surface area contributed by atoms with E-state index in [4.69, 9.17) is 0 Å². The van der Waals surface area contributed by atoms with Crippen molar-refractivity contribution in [2.24, 2.45) is 5.92 Å². The molecule has 1 N–H and O–H groups in total. The third-order valence-corrected chi connectivity index (χ3v) is 3.88. The predicted molar refractivity (Wildman–Crippen MR) is 63.6 cm³/mol. The van der Waals surface area contributed by atoms with Crippen LogP contribution in [0.1, 0.15) is 32.6 Å². The van der Waals surface area contributed by atoms with Crippen molar-refractivity contribution in [3.05, 3.63) is 0 Å². The van der Waals surface area contributed by atoms with E-state index in [-0.39, 0.29) is 0 Å². The molecule has 2 aliphatic rings. The van der Waals surface area contributed by atoms with Crippen molar-refractivity contribution >= 4 is 0 Å². The number of likely N-dealkylation sites (N-methyl/N-ethyl adjacent to an activating group) is 1. The Bertz CT molecular complexity index is 159. The van der Waals surface area contributed by atoms with Crippen LogP contribution in [0.15, 0.2) is 0 Å². The molecule has 15 heavy (non-hydrogen) atoms. The molecule has 0 aromatic carbocycles. The molecule has 1 saturated carbocycles. The third kappa shape index (κ3) is 3.44. The maximum atomic E-state index is 3.71. The molecule has 0 amide bonds. The normalized spacial score (nSPS) is 35.6. The zero-order valence-electron chi connectivity index (χ0n) is 10.2. The minimum atomic E-state index is 0.754. The van der Waals surface area contributed by atoms with Crippen molar-refractivity contribution < 1.29 is 0 Å². The van der Waals surface area contributed by atoms with Gasteiger partial charge >= 0.3 is 0 Å². The van der Waals surface area contributed by atoms with Crippen LogP contribution in [0.3, 0.4) is 0 Å². The van der Waals surface area contributed by atoms with E-state index in [0.29, 0.717) is 0 Å². The molecule has 0 atom stereocenters. The molecule has 1 heterocycles. The zero-order valence-corrected chi connectivity index (χ0v) is 10.2. The number of rotatable bonds is 2. The summed E-state index contributed by atoms with van der Waals surface area (Å²) in [6, 6.07) is 0.754. The van der Waals surface area contributed by atoms with Crippen LogP contribution >= 0.6 is 0 Å². The maximum Gasteiger partial charge on any atom is 0.0259 e. The van der Waals surface area contributed by atoms with Crippen molar-refractivity contribution in [2.75, 3.05) is 33.2 Å². The molecule has 0 aromatic heterocycles. The predicted octanol–water partition coefficient (Wildman–Crippen LogP) is 1.32. The number of hydrogen-bond acceptors (Lipinski definition) is 3. The van der Waals surface area contributed by atoms with E-state index in [1.54, 1.807) is 0 Å². The Hall–Kier alpha value is -0.120. The summed E-state index contributed by atoms with van der Waals surface area (Å²) in [6.07, 6.45) is 5.55. The quantitative estimate of drug-likeness (QED) is 0.743. The van der Waals surface area contributed by atoms with E-state index in [2.05, 4.69) is 29.3 Å². The Labute approximate surface area is 93.8 Å². The van der Waals surface area contributed by atoms with Gasteiger partial charge < -0.3 is 4.90 Å². The summed E-state index contributed by atoms with van der Waals surface area (Å²) in [5.41, 5.74) is 3.71. The van der Waals surface area contributed by atoms with Gasteiger partial charge in [0.15, 0.2) is 0 Å². The minimum absolute atomic E-state index is 0.754. The summed E-state index contributed by atoms with van der Waals surface area (Å²) in [6.45, 7) is 7.16. The van der Waals surface area contributed by atoms with Gasteiger partial charge in [-0.05, 0) is 38.6 Å². The van der Waals surface area contributed by atoms with E-state index < -0.39 is 0 Å². The van der Waals surface area contributed by atoms with E-state index in [9.17, 15) is 0 Å². The average molecular weight is 211 g/mol. The Balaban J connectivity index is 1.68. The summed E-state index contributed by atoms with van der Waals surface area (Å²) in [5, 5.41) is 2.43. The highest BCUT2D eigenvalue weighted by atomic mass is 15.5. The number of nitrogens with zero attached hydrogens (tertiary/aromatic N) is 2. The fraction of sp³-hybridized carbons (Fsp3) is 1.00. The molecule has 0 radical (unpaired) electrons. The molecule has 1 saturated heterocycles. The highest BCUT2D eigenvalue weighted by Crippen LogP contribution is 2.23. The topological polar surface area (TPSA) is 18.5 Å². The second-order valence-corrected chi connectivity index (χ2v) is 5.38. The van der Waals surface area contributed by atoms with Crippen molar-refractivity contribution in [3.63, 3.8) is 0 Å². The van der Waals surface area contributed by atoms with Gasteiger partial charge in [0, 0.05) is 32.2 Å². The van der Waals surface area contributed by atoms with Gasteiger partial charge in [-0.15, -0.1) is 0 Å². The molecule has 1 aliphatic carbocycles. The van der Waals surface area contributed by atoms with Gasteiger partial charge in [0.05, 0.1) is 0 Å². The first kappa shape index (κ1) is 11.4. The SMILES string of the molecule is CC1CCC(NN2CCN(C)CC2)CC1. The van der Waals surface area contributed by atoms with Gasteiger partial charge in [0.2, 0.25) is 0 Å². The largest absolute Gasteiger partial charge is 0.304 e. The number of nitrogens with one attached hydrogen (secondary N) is 1. The molecule has 2 fully saturated rings. The number of piperazine rings is 1. The van der Waals surface area contributed by atoms with E-state index >= 15 is 0 Å². The van der Waals surface area contributed by atoms with Crippen LogP contribution in [0.4, 0.5) is 0 Å². The van der Waals surface area contributed by atoms with Crippen LogP contribution in [0.2, 0.25) is 0 Å². The van der Waals surface area contributed by atoms with Gasteiger partial charge in [-0.3, -0.25) is 5.43 Å². The zero-order chi connectivity index (χ0) is 10.7. The van der Waals surface area contributed by atoms with Gasteiger partial charge in [0.25, 0.3) is 0 Å². The Morgan fingerprint density at radius 2 is 1.53 bits per heavy atom. The Morgan fingerprint density at radius 3 is 2.13 bits per heavy atom. The van der Waals surface area contributed by atoms with Crippen LogP contribution in [-0.2, 0) is 0 Å². The smallest absolute Gasteiger partial charge is 0.0259 e. The van der Waals surface area contributed by atoms with E-state index in [1.165, 1.54) is 51.9 Å². The van der Waals surface area contributed by atoms with Crippen LogP contribution < -0.4 is 5.43 Å². The molecule has 3 heteroatoms. The van der Waals surface area contributed by atoms with Gasteiger partial charge in [-0.2, -0.15) is 0 Å². The standard InChI is InChI=1S/C12H25N3/c1-11-3-5-12(6-4-11)13-15-9-7-14(2)8-10-15/h11-13H,3-10H2,1-2H3. The summed E-state index contributed by atoms with van der Waals surface area (Å²) in [7, 11) is 2.21. The maximum absolute atomic E-state index is 3.71.